The topological polar surface area (TPSA) is 87.7 Å². The number of amides is 2. The van der Waals surface area contributed by atoms with E-state index in [9.17, 15) is 9.59 Å². The van der Waals surface area contributed by atoms with E-state index in [-0.39, 0.29) is 6.04 Å². The minimum atomic E-state index is -1.09. The average Bonchev–Trinajstić information content (AvgIpc) is 2.78. The summed E-state index contributed by atoms with van der Waals surface area (Å²) >= 11 is 1.28. The van der Waals surface area contributed by atoms with Gasteiger partial charge in [0.05, 0.1) is 12.6 Å². The van der Waals surface area contributed by atoms with E-state index in [4.69, 9.17) is 9.84 Å². The molecule has 1 heterocycles. The molecule has 2 amide bonds. The van der Waals surface area contributed by atoms with Crippen molar-refractivity contribution >= 4 is 23.3 Å². The molecule has 0 aliphatic carbocycles. The molecule has 0 radical (unpaired) electrons. The predicted molar refractivity (Wildman–Crippen MR) is 67.7 cm³/mol. The molecule has 0 saturated heterocycles. The van der Waals surface area contributed by atoms with Crippen molar-refractivity contribution in [2.24, 2.45) is 0 Å². The van der Waals surface area contributed by atoms with E-state index < -0.39 is 18.0 Å². The molecule has 2 unspecified atom stereocenters. The summed E-state index contributed by atoms with van der Waals surface area (Å²) in [5, 5.41) is 15.8. The zero-order chi connectivity index (χ0) is 13.5. The lowest BCUT2D eigenvalue weighted by Gasteiger charge is -2.17. The van der Waals surface area contributed by atoms with Crippen molar-refractivity contribution in [1.29, 1.82) is 0 Å². The molecule has 1 rings (SSSR count). The van der Waals surface area contributed by atoms with Crippen LogP contribution in [-0.4, -0.2) is 36.9 Å². The van der Waals surface area contributed by atoms with Gasteiger partial charge in [0.25, 0.3) is 0 Å². The fourth-order valence-electron chi connectivity index (χ4n) is 1.40. The Hall–Kier alpha value is -1.60. The third-order valence-electron chi connectivity index (χ3n) is 2.14. The van der Waals surface area contributed by atoms with E-state index in [1.807, 2.05) is 0 Å². The average molecular weight is 272 g/mol. The van der Waals surface area contributed by atoms with E-state index in [0.717, 1.165) is 0 Å². The van der Waals surface area contributed by atoms with Gasteiger partial charge in [-0.1, -0.05) is 6.07 Å². The molecule has 6 nitrogen and oxygen atoms in total. The number of hydrogen-bond donors (Lipinski definition) is 3. The van der Waals surface area contributed by atoms with Crippen molar-refractivity contribution in [1.82, 2.24) is 10.6 Å². The highest BCUT2D eigenvalue weighted by Crippen LogP contribution is 2.18. The van der Waals surface area contributed by atoms with E-state index in [1.165, 1.54) is 18.4 Å². The monoisotopic (exact) mass is 272 g/mol. The van der Waals surface area contributed by atoms with E-state index in [2.05, 4.69) is 10.6 Å². The number of hydrogen-bond acceptors (Lipinski definition) is 4. The Kier molecular flexibility index (Phi) is 5.60. The first-order valence-electron chi connectivity index (χ1n) is 5.36. The number of nitrogens with one attached hydrogen (secondary N) is 2. The summed E-state index contributed by atoms with van der Waals surface area (Å²) < 4.78 is 4.87. The largest absolute Gasteiger partial charge is 0.479 e. The summed E-state index contributed by atoms with van der Waals surface area (Å²) in [5.41, 5.74) is 0. The second kappa shape index (κ2) is 6.97. The van der Waals surface area contributed by atoms with Gasteiger partial charge in [-0.05, 0) is 18.4 Å². The number of methoxy groups -OCH3 is 1. The van der Waals surface area contributed by atoms with Crippen LogP contribution < -0.4 is 10.6 Å². The van der Waals surface area contributed by atoms with Crippen LogP contribution >= 0.6 is 11.3 Å². The maximum atomic E-state index is 11.6. The number of carbonyl (C=O) groups is 2. The van der Waals surface area contributed by atoms with Crippen molar-refractivity contribution in [3.05, 3.63) is 22.4 Å². The first-order chi connectivity index (χ1) is 8.54. The van der Waals surface area contributed by atoms with Gasteiger partial charge in [0, 0.05) is 12.0 Å². The zero-order valence-corrected chi connectivity index (χ0v) is 11.0. The molecule has 0 aliphatic heterocycles. The summed E-state index contributed by atoms with van der Waals surface area (Å²) in [7, 11) is 1.53. The van der Waals surface area contributed by atoms with Crippen LogP contribution in [0.15, 0.2) is 17.5 Å². The Morgan fingerprint density at radius 1 is 1.50 bits per heavy atom. The standard InChI is InChI=1S/C11H16N2O4S/c1-7(6-17-2)12-11(16)13-9(10(14)15)8-4-3-5-18-8/h3-5,7,9H,6H2,1-2H3,(H,14,15)(H2,12,13,16). The molecule has 0 fully saturated rings. The van der Waals surface area contributed by atoms with Crippen LogP contribution in [0.25, 0.3) is 0 Å². The van der Waals surface area contributed by atoms with Crippen molar-refractivity contribution < 1.29 is 19.4 Å². The summed E-state index contributed by atoms with van der Waals surface area (Å²) in [6.07, 6.45) is 0. The number of thiophene rings is 1. The molecule has 100 valence electrons. The lowest BCUT2D eigenvalue weighted by atomic mass is 10.2. The van der Waals surface area contributed by atoms with Gasteiger partial charge >= 0.3 is 12.0 Å². The highest BCUT2D eigenvalue weighted by molar-refractivity contribution is 7.10. The van der Waals surface area contributed by atoms with Crippen molar-refractivity contribution in [3.8, 4) is 0 Å². The summed E-state index contributed by atoms with van der Waals surface area (Å²) in [6.45, 7) is 2.13. The van der Waals surface area contributed by atoms with E-state index in [0.29, 0.717) is 11.5 Å². The fraction of sp³-hybridized carbons (Fsp3) is 0.455. The number of carboxylic acids is 1. The highest BCUT2D eigenvalue weighted by atomic mass is 32.1. The molecule has 3 N–H and O–H groups in total. The Labute approximate surface area is 109 Å². The van der Waals surface area contributed by atoms with Crippen molar-refractivity contribution in [2.75, 3.05) is 13.7 Å². The number of carboxylic acid groups (broad SMARTS) is 1. The Bertz CT molecular complexity index is 394. The van der Waals surface area contributed by atoms with Crippen LogP contribution in [0.1, 0.15) is 17.8 Å². The number of carbonyl (C=O) groups excluding carboxylic acids is 1. The summed E-state index contributed by atoms with van der Waals surface area (Å²) in [6, 6.07) is 1.67. The number of ether oxygens (including phenoxy) is 1. The van der Waals surface area contributed by atoms with Crippen LogP contribution in [0.3, 0.4) is 0 Å². The van der Waals surface area contributed by atoms with E-state index >= 15 is 0 Å². The quantitative estimate of drug-likeness (QED) is 0.726. The molecule has 0 aromatic carbocycles. The van der Waals surface area contributed by atoms with Crippen LogP contribution in [0.2, 0.25) is 0 Å². The third-order valence-corrected chi connectivity index (χ3v) is 3.08. The fourth-order valence-corrected chi connectivity index (χ4v) is 2.17. The van der Waals surface area contributed by atoms with Gasteiger partial charge in [0.1, 0.15) is 0 Å². The smallest absolute Gasteiger partial charge is 0.331 e. The first kappa shape index (κ1) is 14.5. The SMILES string of the molecule is COCC(C)NC(=O)NC(C(=O)O)c1cccs1. The molecule has 0 aliphatic rings. The maximum absolute atomic E-state index is 11.6. The van der Waals surface area contributed by atoms with Gasteiger partial charge in [-0.25, -0.2) is 9.59 Å². The predicted octanol–water partition coefficient (Wildman–Crippen LogP) is 1.21. The van der Waals surface area contributed by atoms with Gasteiger partial charge < -0.3 is 20.5 Å². The molecule has 2 atom stereocenters. The molecule has 0 spiro atoms. The molecule has 18 heavy (non-hydrogen) atoms. The number of urea groups is 1. The Morgan fingerprint density at radius 3 is 2.72 bits per heavy atom. The molecular formula is C11H16N2O4S. The highest BCUT2D eigenvalue weighted by Gasteiger charge is 2.23. The first-order valence-corrected chi connectivity index (χ1v) is 6.24. The lowest BCUT2D eigenvalue weighted by molar-refractivity contribution is -0.139. The Morgan fingerprint density at radius 2 is 2.22 bits per heavy atom. The summed E-state index contributed by atoms with van der Waals surface area (Å²) in [4.78, 5) is 23.3. The van der Waals surface area contributed by atoms with Gasteiger partial charge in [-0.15, -0.1) is 11.3 Å². The minimum absolute atomic E-state index is 0.187. The van der Waals surface area contributed by atoms with Gasteiger partial charge in [0.15, 0.2) is 6.04 Å². The second-order valence-corrected chi connectivity index (χ2v) is 4.74. The van der Waals surface area contributed by atoms with Crippen molar-refractivity contribution in [3.63, 3.8) is 0 Å². The molecule has 7 heteroatoms. The van der Waals surface area contributed by atoms with Gasteiger partial charge in [0.2, 0.25) is 0 Å². The molecule has 0 bridgehead atoms. The molecule has 1 aromatic rings. The normalized spacial score (nSPS) is 13.7. The van der Waals surface area contributed by atoms with Gasteiger partial charge in [-0.3, -0.25) is 0 Å². The molecule has 0 saturated carbocycles. The van der Waals surface area contributed by atoms with E-state index in [1.54, 1.807) is 24.4 Å². The zero-order valence-electron chi connectivity index (χ0n) is 10.2. The number of rotatable bonds is 6. The van der Waals surface area contributed by atoms with Crippen molar-refractivity contribution in [2.45, 2.75) is 19.0 Å². The third kappa shape index (κ3) is 4.34. The van der Waals surface area contributed by atoms with Crippen LogP contribution in [-0.2, 0) is 9.53 Å². The number of aliphatic carboxylic acids is 1. The van der Waals surface area contributed by atoms with Crippen LogP contribution in [0, 0.1) is 0 Å². The van der Waals surface area contributed by atoms with Gasteiger partial charge in [-0.2, -0.15) is 0 Å². The second-order valence-electron chi connectivity index (χ2n) is 3.76. The van der Waals surface area contributed by atoms with Crippen LogP contribution in [0.4, 0.5) is 4.79 Å². The molecular weight excluding hydrogens is 256 g/mol. The lowest BCUT2D eigenvalue weighted by Crippen LogP contribution is -2.45. The maximum Gasteiger partial charge on any atom is 0.331 e. The summed E-state index contributed by atoms with van der Waals surface area (Å²) in [5.74, 6) is -1.09. The van der Waals surface area contributed by atoms with Crippen LogP contribution in [0.5, 0.6) is 0 Å². The molecule has 1 aromatic heterocycles. The Balaban J connectivity index is 2.57. The minimum Gasteiger partial charge on any atom is -0.479 e.